The van der Waals surface area contributed by atoms with Gasteiger partial charge >= 0.3 is 0 Å². The molecule has 125 valence electrons. The Morgan fingerprint density at radius 2 is 1.67 bits per heavy atom. The number of carbonyl (C=O) groups excluding carboxylic acids is 2. The monoisotopic (exact) mass is 331 g/mol. The predicted molar refractivity (Wildman–Crippen MR) is 87.2 cm³/mol. The lowest BCUT2D eigenvalue weighted by Crippen LogP contribution is -2.42. The van der Waals surface area contributed by atoms with E-state index in [1.54, 1.807) is 24.3 Å². The molecule has 0 aromatic heterocycles. The summed E-state index contributed by atoms with van der Waals surface area (Å²) in [6.45, 7) is 5.27. The van der Waals surface area contributed by atoms with Gasteiger partial charge in [0.1, 0.15) is 17.7 Å². The molecule has 1 atom stereocenters. The number of benzene rings is 2. The number of nitrogens with one attached hydrogen (secondary N) is 2. The summed E-state index contributed by atoms with van der Waals surface area (Å²) in [5.41, 5.74) is 1.60. The molecule has 0 saturated heterocycles. The third-order valence-electron chi connectivity index (χ3n) is 3.28. The topological polar surface area (TPSA) is 58.2 Å². The number of carbonyl (C=O) groups is 2. The van der Waals surface area contributed by atoms with Crippen LogP contribution >= 0.6 is 0 Å². The van der Waals surface area contributed by atoms with Gasteiger partial charge in [-0.1, -0.05) is 12.1 Å². The van der Waals surface area contributed by atoms with Crippen molar-refractivity contribution in [1.82, 2.24) is 5.32 Å². The van der Waals surface area contributed by atoms with Crippen molar-refractivity contribution >= 4 is 17.5 Å². The number of halogens is 2. The van der Waals surface area contributed by atoms with E-state index in [0.717, 1.165) is 23.8 Å². The van der Waals surface area contributed by atoms with Crippen LogP contribution in [0.4, 0.5) is 14.5 Å². The minimum absolute atomic E-state index is 0.198. The number of hydrogen-bond acceptors (Lipinski definition) is 2. The fourth-order valence-electron chi connectivity index (χ4n) is 2.10. The average molecular weight is 331 g/mol. The van der Waals surface area contributed by atoms with Crippen molar-refractivity contribution in [2.75, 3.05) is 5.32 Å². The molecule has 24 heavy (non-hydrogen) atoms. The Morgan fingerprint density at radius 3 is 2.25 bits per heavy atom. The van der Waals surface area contributed by atoms with Crippen molar-refractivity contribution in [3.05, 3.63) is 72.1 Å². The molecule has 0 aliphatic carbocycles. The molecule has 0 heterocycles. The summed E-state index contributed by atoms with van der Waals surface area (Å²) in [5.74, 6) is -2.41. The lowest BCUT2D eigenvalue weighted by Gasteiger charge is -2.14. The normalized spacial score (nSPS) is 11.7. The quantitative estimate of drug-likeness (QED) is 0.885. The molecule has 2 amide bonds. The fourth-order valence-corrected chi connectivity index (χ4v) is 2.10. The van der Waals surface area contributed by atoms with E-state index in [9.17, 15) is 18.4 Å². The highest BCUT2D eigenvalue weighted by Crippen LogP contribution is 2.10. The predicted octanol–water partition coefficient (Wildman–Crippen LogP) is 2.83. The zero-order valence-electron chi connectivity index (χ0n) is 13.1. The van der Waals surface area contributed by atoms with Gasteiger partial charge in [0.15, 0.2) is 0 Å². The lowest BCUT2D eigenvalue weighted by atomic mass is 10.1. The summed E-state index contributed by atoms with van der Waals surface area (Å²) < 4.78 is 26.2. The summed E-state index contributed by atoms with van der Waals surface area (Å²) in [7, 11) is 0. The molecule has 0 saturated carbocycles. The smallest absolute Gasteiger partial charge is 0.246 e. The summed E-state index contributed by atoms with van der Waals surface area (Å²) in [5, 5.41) is 5.15. The van der Waals surface area contributed by atoms with Crippen molar-refractivity contribution in [3.8, 4) is 0 Å². The van der Waals surface area contributed by atoms with Gasteiger partial charge in [0.25, 0.3) is 0 Å². The van der Waals surface area contributed by atoms with Crippen LogP contribution < -0.4 is 10.6 Å². The zero-order chi connectivity index (χ0) is 17.7. The molecule has 0 fully saturated rings. The van der Waals surface area contributed by atoms with Crippen LogP contribution in [0.5, 0.6) is 0 Å². The molecule has 0 bridgehead atoms. The Labute approximate surface area is 138 Å². The van der Waals surface area contributed by atoms with Crippen LogP contribution in [0.25, 0.3) is 0 Å². The van der Waals surface area contributed by atoms with Gasteiger partial charge < -0.3 is 10.6 Å². The molecule has 1 radical (unpaired) electrons. The van der Waals surface area contributed by atoms with E-state index >= 15 is 0 Å². The van der Waals surface area contributed by atoms with E-state index in [4.69, 9.17) is 0 Å². The van der Waals surface area contributed by atoms with Gasteiger partial charge in [0, 0.05) is 11.8 Å². The Bertz CT molecular complexity index is 725. The lowest BCUT2D eigenvalue weighted by molar-refractivity contribution is -0.125. The average Bonchev–Trinajstić information content (AvgIpc) is 2.48. The maximum atomic E-state index is 13.1. The summed E-state index contributed by atoms with van der Waals surface area (Å²) in [4.78, 5) is 23.9. The van der Waals surface area contributed by atoms with E-state index in [1.807, 2.05) is 0 Å². The number of rotatable bonds is 5. The van der Waals surface area contributed by atoms with Crippen molar-refractivity contribution in [1.29, 1.82) is 0 Å². The Balaban J connectivity index is 1.90. The molecule has 0 aliphatic rings. The van der Waals surface area contributed by atoms with E-state index in [1.165, 1.54) is 6.92 Å². The van der Waals surface area contributed by atoms with Crippen LogP contribution in [0, 0.1) is 18.6 Å². The Hall–Kier alpha value is -2.76. The van der Waals surface area contributed by atoms with Crippen molar-refractivity contribution < 1.29 is 18.4 Å². The van der Waals surface area contributed by atoms with E-state index in [0.29, 0.717) is 5.69 Å². The second kappa shape index (κ2) is 7.68. The molecule has 0 unspecified atom stereocenters. The molecule has 0 aliphatic heterocycles. The van der Waals surface area contributed by atoms with E-state index in [2.05, 4.69) is 17.6 Å². The van der Waals surface area contributed by atoms with Gasteiger partial charge in [-0.05, 0) is 49.2 Å². The standard InChI is InChI=1S/C18H17F2N2O2/c1-11-3-5-16(6-4-11)22-18(24)12(2)21-17(23)9-13-7-14(19)10-15(20)8-13/h3-8,10,12H,1,9H2,2H3,(H,21,23)(H,22,24)/t12-/m0/s1. The summed E-state index contributed by atoms with van der Waals surface area (Å²) in [6, 6.07) is 8.98. The number of amides is 2. The molecule has 2 rings (SSSR count). The first-order valence-corrected chi connectivity index (χ1v) is 7.30. The van der Waals surface area contributed by atoms with Crippen LogP contribution in [-0.2, 0) is 16.0 Å². The molecule has 2 aromatic carbocycles. The van der Waals surface area contributed by atoms with Crippen molar-refractivity contribution in [2.45, 2.75) is 19.4 Å². The first-order chi connectivity index (χ1) is 11.3. The third kappa shape index (κ3) is 5.15. The minimum Gasteiger partial charge on any atom is -0.344 e. The van der Waals surface area contributed by atoms with Gasteiger partial charge in [-0.25, -0.2) is 8.78 Å². The minimum atomic E-state index is -0.796. The first kappa shape index (κ1) is 17.6. The molecular formula is C18H17F2N2O2. The third-order valence-corrected chi connectivity index (χ3v) is 3.28. The Kier molecular flexibility index (Phi) is 5.63. The molecule has 0 spiro atoms. The second-order valence-corrected chi connectivity index (χ2v) is 5.43. The highest BCUT2D eigenvalue weighted by atomic mass is 19.1. The second-order valence-electron chi connectivity index (χ2n) is 5.43. The van der Waals surface area contributed by atoms with Gasteiger partial charge in [-0.3, -0.25) is 9.59 Å². The number of hydrogen-bond donors (Lipinski definition) is 2. The van der Waals surface area contributed by atoms with Gasteiger partial charge in [0.05, 0.1) is 6.42 Å². The van der Waals surface area contributed by atoms with Crippen LogP contribution in [0.3, 0.4) is 0 Å². The van der Waals surface area contributed by atoms with E-state index < -0.39 is 29.5 Å². The SMILES string of the molecule is [CH2]c1ccc(NC(=O)[C@H](C)NC(=O)Cc2cc(F)cc(F)c2)cc1. The maximum absolute atomic E-state index is 13.1. The van der Waals surface area contributed by atoms with Gasteiger partial charge in [-0.2, -0.15) is 0 Å². The maximum Gasteiger partial charge on any atom is 0.246 e. The van der Waals surface area contributed by atoms with Gasteiger partial charge in [0.2, 0.25) is 11.8 Å². The number of anilines is 1. The first-order valence-electron chi connectivity index (χ1n) is 7.30. The molecular weight excluding hydrogens is 314 g/mol. The molecule has 2 aromatic rings. The largest absolute Gasteiger partial charge is 0.344 e. The molecule has 4 nitrogen and oxygen atoms in total. The fraction of sp³-hybridized carbons (Fsp3) is 0.167. The van der Waals surface area contributed by atoms with Crippen molar-refractivity contribution in [2.24, 2.45) is 0 Å². The zero-order valence-corrected chi connectivity index (χ0v) is 13.1. The Morgan fingerprint density at radius 1 is 1.08 bits per heavy atom. The van der Waals surface area contributed by atoms with Crippen LogP contribution in [0.1, 0.15) is 18.1 Å². The molecule has 6 heteroatoms. The van der Waals surface area contributed by atoms with E-state index in [-0.39, 0.29) is 12.0 Å². The summed E-state index contributed by atoms with van der Waals surface area (Å²) in [6.07, 6.45) is -0.220. The van der Waals surface area contributed by atoms with Crippen molar-refractivity contribution in [3.63, 3.8) is 0 Å². The molecule has 2 N–H and O–H groups in total. The van der Waals surface area contributed by atoms with Crippen LogP contribution in [0.2, 0.25) is 0 Å². The summed E-state index contributed by atoms with van der Waals surface area (Å²) >= 11 is 0. The highest BCUT2D eigenvalue weighted by Gasteiger charge is 2.16. The van der Waals surface area contributed by atoms with Gasteiger partial charge in [-0.15, -0.1) is 0 Å². The van der Waals surface area contributed by atoms with Crippen LogP contribution in [-0.4, -0.2) is 17.9 Å². The highest BCUT2D eigenvalue weighted by molar-refractivity contribution is 5.97. The van der Waals surface area contributed by atoms with Crippen LogP contribution in [0.15, 0.2) is 42.5 Å².